The molecule has 0 aromatic heterocycles. The Balaban J connectivity index is 1.84. The van der Waals surface area contributed by atoms with Gasteiger partial charge in [-0.2, -0.15) is 0 Å². The fourth-order valence-electron chi connectivity index (χ4n) is 4.68. The van der Waals surface area contributed by atoms with Crippen molar-refractivity contribution in [2.24, 2.45) is 0 Å². The number of benzene rings is 4. The molecule has 0 saturated carbocycles. The average molecular weight is 509 g/mol. The van der Waals surface area contributed by atoms with Crippen LogP contribution in [0.4, 0.5) is 22.7 Å². The van der Waals surface area contributed by atoms with Crippen LogP contribution in [0, 0.1) is 13.8 Å². The summed E-state index contributed by atoms with van der Waals surface area (Å²) in [6.07, 6.45) is 0. The summed E-state index contributed by atoms with van der Waals surface area (Å²) in [5, 5.41) is 3.64. The zero-order chi connectivity index (χ0) is 27.3. The number of aryl methyl sites for hydroxylation is 2. The maximum absolute atomic E-state index is 5.58. The highest BCUT2D eigenvalue weighted by molar-refractivity contribution is 5.87. The van der Waals surface area contributed by atoms with Gasteiger partial charge in [-0.1, -0.05) is 68.8 Å². The van der Waals surface area contributed by atoms with Gasteiger partial charge in [0.15, 0.2) is 0 Å². The second-order valence-electron chi connectivity index (χ2n) is 10.9. The Bertz CT molecular complexity index is 1370. The first-order valence-electron chi connectivity index (χ1n) is 13.2. The fourth-order valence-corrected chi connectivity index (χ4v) is 4.68. The molecule has 0 saturated heterocycles. The molecule has 4 aromatic carbocycles. The third-order valence-electron chi connectivity index (χ3n) is 6.78. The number of rotatable bonds is 9. The summed E-state index contributed by atoms with van der Waals surface area (Å²) >= 11 is 0. The van der Waals surface area contributed by atoms with E-state index in [2.05, 4.69) is 105 Å². The van der Waals surface area contributed by atoms with E-state index in [-0.39, 0.29) is 5.41 Å². The molecule has 198 valence electrons. The Morgan fingerprint density at radius 3 is 2.18 bits per heavy atom. The number of hydrogen-bond donors (Lipinski definition) is 1. The minimum Gasteiger partial charge on any atom is -0.497 e. The molecule has 38 heavy (non-hydrogen) atoms. The molecule has 0 atom stereocenters. The number of hydrogen-bond acceptors (Lipinski definition) is 4. The minimum atomic E-state index is 0.0669. The summed E-state index contributed by atoms with van der Waals surface area (Å²) < 4.78 is 10.9. The third kappa shape index (κ3) is 6.38. The van der Waals surface area contributed by atoms with E-state index in [9.17, 15) is 0 Å². The predicted octanol–water partition coefficient (Wildman–Crippen LogP) is 8.80. The quantitative estimate of drug-likeness (QED) is 0.245. The Labute approximate surface area is 228 Å². The molecular formula is C34H40N2O2. The largest absolute Gasteiger partial charge is 0.497 e. The minimum absolute atomic E-state index is 0.0669. The Morgan fingerprint density at radius 1 is 0.763 bits per heavy atom. The van der Waals surface area contributed by atoms with Gasteiger partial charge >= 0.3 is 0 Å². The van der Waals surface area contributed by atoms with Crippen molar-refractivity contribution in [2.75, 3.05) is 37.6 Å². The van der Waals surface area contributed by atoms with Gasteiger partial charge in [0.25, 0.3) is 0 Å². The van der Waals surface area contributed by atoms with E-state index in [1.54, 1.807) is 14.2 Å². The summed E-state index contributed by atoms with van der Waals surface area (Å²) in [4.78, 5) is 2.37. The molecule has 4 nitrogen and oxygen atoms in total. The average Bonchev–Trinajstić information content (AvgIpc) is 2.90. The molecule has 0 aliphatic rings. The highest BCUT2D eigenvalue weighted by Crippen LogP contribution is 2.41. The van der Waals surface area contributed by atoms with Crippen molar-refractivity contribution in [1.82, 2.24) is 0 Å². The van der Waals surface area contributed by atoms with Crippen molar-refractivity contribution in [3.63, 3.8) is 0 Å². The van der Waals surface area contributed by atoms with Crippen molar-refractivity contribution in [3.05, 3.63) is 102 Å². The van der Waals surface area contributed by atoms with E-state index in [1.807, 2.05) is 24.3 Å². The maximum Gasteiger partial charge on any atom is 0.119 e. The number of para-hydroxylation sites is 1. The van der Waals surface area contributed by atoms with Crippen molar-refractivity contribution in [2.45, 2.75) is 40.0 Å². The number of methoxy groups -OCH3 is 2. The Hall–Kier alpha value is -3.76. The lowest BCUT2D eigenvalue weighted by Crippen LogP contribution is -2.23. The van der Waals surface area contributed by atoms with E-state index in [0.29, 0.717) is 13.2 Å². The van der Waals surface area contributed by atoms with Gasteiger partial charge < -0.3 is 19.7 Å². The Morgan fingerprint density at radius 2 is 1.50 bits per heavy atom. The molecule has 4 aromatic rings. The lowest BCUT2D eigenvalue weighted by Gasteiger charge is -2.30. The Kier molecular flexibility index (Phi) is 8.43. The van der Waals surface area contributed by atoms with Crippen molar-refractivity contribution < 1.29 is 9.47 Å². The van der Waals surface area contributed by atoms with E-state index < -0.39 is 0 Å². The lowest BCUT2D eigenvalue weighted by molar-refractivity contribution is 0.207. The van der Waals surface area contributed by atoms with Gasteiger partial charge in [-0.3, -0.25) is 0 Å². The number of nitrogens with zero attached hydrogens (tertiary/aromatic N) is 1. The van der Waals surface area contributed by atoms with Gasteiger partial charge in [0.1, 0.15) is 5.75 Å². The smallest absolute Gasteiger partial charge is 0.119 e. The molecule has 1 N–H and O–H groups in total. The van der Waals surface area contributed by atoms with Crippen LogP contribution in [0.1, 0.15) is 37.5 Å². The normalized spacial score (nSPS) is 11.3. The number of anilines is 4. The summed E-state index contributed by atoms with van der Waals surface area (Å²) in [7, 11) is 3.44. The molecular weight excluding hydrogens is 468 g/mol. The fraction of sp³-hybridized carbons (Fsp3) is 0.294. The molecule has 0 amide bonds. The molecule has 0 radical (unpaired) electrons. The lowest BCUT2D eigenvalue weighted by atomic mass is 9.84. The zero-order valence-corrected chi connectivity index (χ0v) is 23.8. The molecule has 0 aliphatic heterocycles. The summed E-state index contributed by atoms with van der Waals surface area (Å²) in [6, 6.07) is 30.2. The molecule has 0 aliphatic carbocycles. The van der Waals surface area contributed by atoms with E-state index in [4.69, 9.17) is 9.47 Å². The van der Waals surface area contributed by atoms with Crippen LogP contribution in [0.3, 0.4) is 0 Å². The molecule has 0 spiro atoms. The van der Waals surface area contributed by atoms with E-state index in [0.717, 1.165) is 28.5 Å². The standard InChI is InChI=1S/C34H40N2O2/c1-24-12-17-31(35-28-13-15-29(38-7)16-14-28)33(22-24)36(18-19-37-6)32-11-9-8-10-30(32)26-20-25(2)21-27(23-26)34(3,4)5/h8-17,20-23,35H,18-19H2,1-7H3. The molecule has 0 bridgehead atoms. The van der Waals surface area contributed by atoms with Crippen LogP contribution in [-0.2, 0) is 10.2 Å². The van der Waals surface area contributed by atoms with Crippen LogP contribution in [0.25, 0.3) is 11.1 Å². The van der Waals surface area contributed by atoms with Crippen LogP contribution in [-0.4, -0.2) is 27.4 Å². The summed E-state index contributed by atoms with van der Waals surface area (Å²) in [5.41, 5.74) is 10.6. The van der Waals surface area contributed by atoms with Crippen LogP contribution < -0.4 is 15.0 Å². The first-order chi connectivity index (χ1) is 18.2. The summed E-state index contributed by atoms with van der Waals surface area (Å²) in [6.45, 7) is 12.4. The monoisotopic (exact) mass is 508 g/mol. The van der Waals surface area contributed by atoms with Gasteiger partial charge in [-0.05, 0) is 78.4 Å². The second kappa shape index (κ2) is 11.7. The van der Waals surface area contributed by atoms with Crippen LogP contribution >= 0.6 is 0 Å². The zero-order valence-electron chi connectivity index (χ0n) is 23.8. The maximum atomic E-state index is 5.58. The molecule has 4 rings (SSSR count). The summed E-state index contributed by atoms with van der Waals surface area (Å²) in [5.74, 6) is 0.836. The third-order valence-corrected chi connectivity index (χ3v) is 6.78. The van der Waals surface area contributed by atoms with Gasteiger partial charge in [-0.15, -0.1) is 0 Å². The van der Waals surface area contributed by atoms with Gasteiger partial charge in [0, 0.05) is 30.6 Å². The van der Waals surface area contributed by atoms with Crippen molar-refractivity contribution in [3.8, 4) is 16.9 Å². The second-order valence-corrected chi connectivity index (χ2v) is 10.9. The van der Waals surface area contributed by atoms with E-state index in [1.165, 1.54) is 27.8 Å². The van der Waals surface area contributed by atoms with Gasteiger partial charge in [-0.25, -0.2) is 0 Å². The SMILES string of the molecule is COCCN(c1cc(C)ccc1Nc1ccc(OC)cc1)c1ccccc1-c1cc(C)cc(C(C)(C)C)c1. The number of ether oxygens (including phenoxy) is 2. The number of nitrogens with one attached hydrogen (secondary N) is 1. The topological polar surface area (TPSA) is 33.7 Å². The highest BCUT2D eigenvalue weighted by atomic mass is 16.5. The van der Waals surface area contributed by atoms with Crippen LogP contribution in [0.5, 0.6) is 5.75 Å². The van der Waals surface area contributed by atoms with Gasteiger partial charge in [0.05, 0.1) is 25.1 Å². The van der Waals surface area contributed by atoms with Crippen molar-refractivity contribution in [1.29, 1.82) is 0 Å². The van der Waals surface area contributed by atoms with Gasteiger partial charge in [0.2, 0.25) is 0 Å². The van der Waals surface area contributed by atoms with Crippen LogP contribution in [0.15, 0.2) is 84.9 Å². The predicted molar refractivity (Wildman–Crippen MR) is 162 cm³/mol. The highest BCUT2D eigenvalue weighted by Gasteiger charge is 2.20. The van der Waals surface area contributed by atoms with E-state index >= 15 is 0 Å². The first kappa shape index (κ1) is 27.3. The van der Waals surface area contributed by atoms with Crippen LogP contribution in [0.2, 0.25) is 0 Å². The molecule has 0 unspecified atom stereocenters. The first-order valence-corrected chi connectivity index (χ1v) is 13.2. The molecule has 4 heteroatoms. The molecule has 0 heterocycles. The van der Waals surface area contributed by atoms with Crippen molar-refractivity contribution >= 4 is 22.7 Å². The molecule has 0 fully saturated rings.